The van der Waals surface area contributed by atoms with E-state index in [1.807, 2.05) is 26.8 Å². The molecule has 1 aliphatic rings. The molecular formula is C27H29N3O5. The molecule has 1 aliphatic carbocycles. The number of benzene rings is 2. The molecule has 0 aliphatic heterocycles. The zero-order valence-electron chi connectivity index (χ0n) is 20.1. The summed E-state index contributed by atoms with van der Waals surface area (Å²) < 4.78 is 12.8. The van der Waals surface area contributed by atoms with Crippen molar-refractivity contribution in [3.05, 3.63) is 77.1 Å². The van der Waals surface area contributed by atoms with Crippen molar-refractivity contribution in [1.82, 2.24) is 4.57 Å². The van der Waals surface area contributed by atoms with Gasteiger partial charge in [0.15, 0.2) is 6.61 Å². The molecule has 1 fully saturated rings. The van der Waals surface area contributed by atoms with Crippen LogP contribution in [0.15, 0.2) is 54.6 Å². The minimum atomic E-state index is -0.513. The van der Waals surface area contributed by atoms with Gasteiger partial charge in [0.1, 0.15) is 5.75 Å². The molecule has 0 bridgehead atoms. The number of nitrogens with one attached hydrogen (secondary N) is 2. The third-order valence-corrected chi connectivity index (χ3v) is 5.80. The SMILES string of the molecule is CCOc1ccc(NC(=O)c2ccc(NC(=O)COC(=O)c3cc(C)n(C4CC4)c3C)cc2)cc1. The Morgan fingerprint density at radius 2 is 1.57 bits per heavy atom. The average Bonchev–Trinajstić information content (AvgIpc) is 3.63. The quantitative estimate of drug-likeness (QED) is 0.430. The molecule has 35 heavy (non-hydrogen) atoms. The highest BCUT2D eigenvalue weighted by molar-refractivity contribution is 6.04. The number of esters is 1. The predicted octanol–water partition coefficient (Wildman–Crippen LogP) is 4.89. The molecule has 1 saturated carbocycles. The Morgan fingerprint density at radius 1 is 0.943 bits per heavy atom. The molecule has 4 rings (SSSR count). The van der Waals surface area contributed by atoms with Crippen molar-refractivity contribution in [2.75, 3.05) is 23.8 Å². The van der Waals surface area contributed by atoms with E-state index < -0.39 is 18.5 Å². The normalized spacial score (nSPS) is 12.7. The maximum Gasteiger partial charge on any atom is 0.340 e. The molecule has 8 nitrogen and oxygen atoms in total. The summed E-state index contributed by atoms with van der Waals surface area (Å²) in [5.74, 6) is -0.509. The van der Waals surface area contributed by atoms with E-state index >= 15 is 0 Å². The smallest absolute Gasteiger partial charge is 0.340 e. The molecule has 8 heteroatoms. The van der Waals surface area contributed by atoms with Gasteiger partial charge in [-0.1, -0.05) is 0 Å². The van der Waals surface area contributed by atoms with Gasteiger partial charge in [0.25, 0.3) is 11.8 Å². The summed E-state index contributed by atoms with van der Waals surface area (Å²) in [6.07, 6.45) is 2.24. The average molecular weight is 476 g/mol. The van der Waals surface area contributed by atoms with Crippen molar-refractivity contribution in [1.29, 1.82) is 0 Å². The summed E-state index contributed by atoms with van der Waals surface area (Å²) in [6, 6.07) is 15.8. The van der Waals surface area contributed by atoms with Crippen LogP contribution in [0.3, 0.4) is 0 Å². The molecule has 3 aromatic rings. The monoisotopic (exact) mass is 475 g/mol. The number of carbonyl (C=O) groups is 3. The topological polar surface area (TPSA) is 98.7 Å². The molecule has 2 N–H and O–H groups in total. The molecule has 0 spiro atoms. The summed E-state index contributed by atoms with van der Waals surface area (Å²) >= 11 is 0. The summed E-state index contributed by atoms with van der Waals surface area (Å²) in [6.45, 7) is 5.95. The number of anilines is 2. The number of amides is 2. The zero-order chi connectivity index (χ0) is 24.9. The number of aromatic nitrogens is 1. The Labute approximate surface area is 204 Å². The molecule has 182 valence electrons. The van der Waals surface area contributed by atoms with Crippen molar-refractivity contribution >= 4 is 29.2 Å². The van der Waals surface area contributed by atoms with E-state index in [1.54, 1.807) is 48.5 Å². The molecule has 1 heterocycles. The number of rotatable bonds is 9. The summed E-state index contributed by atoms with van der Waals surface area (Å²) in [5, 5.41) is 5.49. The lowest BCUT2D eigenvalue weighted by molar-refractivity contribution is -0.119. The molecule has 0 saturated heterocycles. The van der Waals surface area contributed by atoms with Crippen LogP contribution in [0.1, 0.15) is 57.9 Å². The van der Waals surface area contributed by atoms with Crippen molar-refractivity contribution in [3.63, 3.8) is 0 Å². The largest absolute Gasteiger partial charge is 0.494 e. The lowest BCUT2D eigenvalue weighted by atomic mass is 10.2. The van der Waals surface area contributed by atoms with E-state index in [2.05, 4.69) is 15.2 Å². The van der Waals surface area contributed by atoms with Gasteiger partial charge in [0, 0.05) is 34.4 Å². The summed E-state index contributed by atoms with van der Waals surface area (Å²) in [4.78, 5) is 37.2. The fourth-order valence-electron chi connectivity index (χ4n) is 3.99. The molecular weight excluding hydrogens is 446 g/mol. The Morgan fingerprint density at radius 3 is 2.20 bits per heavy atom. The maximum absolute atomic E-state index is 12.5. The van der Waals surface area contributed by atoms with Gasteiger partial charge in [-0.3, -0.25) is 9.59 Å². The highest BCUT2D eigenvalue weighted by Gasteiger charge is 2.28. The number of hydrogen-bond acceptors (Lipinski definition) is 5. The summed E-state index contributed by atoms with van der Waals surface area (Å²) in [7, 11) is 0. The van der Waals surface area contributed by atoms with Gasteiger partial charge in [-0.2, -0.15) is 0 Å². The van der Waals surface area contributed by atoms with Crippen LogP contribution in [0.4, 0.5) is 11.4 Å². The molecule has 1 aromatic heterocycles. The second kappa shape index (κ2) is 10.5. The molecule has 0 atom stereocenters. The fourth-order valence-corrected chi connectivity index (χ4v) is 3.99. The van der Waals surface area contributed by atoms with Gasteiger partial charge in [0.2, 0.25) is 0 Å². The predicted molar refractivity (Wildman–Crippen MR) is 133 cm³/mol. The van der Waals surface area contributed by atoms with E-state index in [1.165, 1.54) is 0 Å². The van der Waals surface area contributed by atoms with Crippen molar-refractivity contribution < 1.29 is 23.9 Å². The van der Waals surface area contributed by atoms with E-state index in [-0.39, 0.29) is 5.91 Å². The van der Waals surface area contributed by atoms with Crippen LogP contribution in [0, 0.1) is 13.8 Å². The van der Waals surface area contributed by atoms with Crippen LogP contribution in [-0.2, 0) is 9.53 Å². The molecule has 2 aromatic carbocycles. The number of aryl methyl sites for hydroxylation is 1. The lowest BCUT2D eigenvalue weighted by Crippen LogP contribution is -2.21. The number of ether oxygens (including phenoxy) is 2. The minimum Gasteiger partial charge on any atom is -0.494 e. The Bertz CT molecular complexity index is 1220. The van der Waals surface area contributed by atoms with Gasteiger partial charge in [0.05, 0.1) is 12.2 Å². The second-order valence-electron chi connectivity index (χ2n) is 8.50. The molecule has 0 radical (unpaired) electrons. The van der Waals surface area contributed by atoms with Crippen molar-refractivity contribution in [2.45, 2.75) is 39.7 Å². The first-order valence-corrected chi connectivity index (χ1v) is 11.7. The van der Waals surface area contributed by atoms with Crippen LogP contribution >= 0.6 is 0 Å². The highest BCUT2D eigenvalue weighted by Crippen LogP contribution is 2.38. The van der Waals surface area contributed by atoms with E-state index in [0.29, 0.717) is 35.2 Å². The molecule has 0 unspecified atom stereocenters. The summed E-state index contributed by atoms with van der Waals surface area (Å²) in [5.41, 5.74) is 3.97. The number of nitrogens with zero attached hydrogens (tertiary/aromatic N) is 1. The first kappa shape index (κ1) is 24.1. The lowest BCUT2D eigenvalue weighted by Gasteiger charge is -2.09. The van der Waals surface area contributed by atoms with Crippen LogP contribution in [0.25, 0.3) is 0 Å². The van der Waals surface area contributed by atoms with Crippen LogP contribution in [0.2, 0.25) is 0 Å². The first-order valence-electron chi connectivity index (χ1n) is 11.7. The van der Waals surface area contributed by atoms with E-state index in [9.17, 15) is 14.4 Å². The Balaban J connectivity index is 1.27. The third kappa shape index (κ3) is 5.90. The third-order valence-electron chi connectivity index (χ3n) is 5.80. The standard InChI is InChI=1S/C27H29N3O5/c1-4-34-23-13-9-21(10-14-23)29-26(32)19-5-7-20(8-6-19)28-25(31)16-35-27(33)24-15-17(2)30(18(24)3)22-11-12-22/h5-10,13-15,22H,4,11-12,16H2,1-3H3,(H,28,31)(H,29,32). The molecule has 2 amide bonds. The van der Waals surface area contributed by atoms with Crippen LogP contribution in [0.5, 0.6) is 5.75 Å². The number of carbonyl (C=O) groups excluding carboxylic acids is 3. The minimum absolute atomic E-state index is 0.273. The Hall–Kier alpha value is -4.07. The Kier molecular flexibility index (Phi) is 7.19. The maximum atomic E-state index is 12.5. The van der Waals surface area contributed by atoms with E-state index in [0.717, 1.165) is 30.0 Å². The van der Waals surface area contributed by atoms with E-state index in [4.69, 9.17) is 9.47 Å². The zero-order valence-corrected chi connectivity index (χ0v) is 20.1. The van der Waals surface area contributed by atoms with Gasteiger partial charge >= 0.3 is 5.97 Å². The van der Waals surface area contributed by atoms with Gasteiger partial charge in [-0.15, -0.1) is 0 Å². The van der Waals surface area contributed by atoms with Crippen molar-refractivity contribution in [3.8, 4) is 5.75 Å². The van der Waals surface area contributed by atoms with Gasteiger partial charge in [-0.05, 0) is 88.2 Å². The van der Waals surface area contributed by atoms with Crippen molar-refractivity contribution in [2.24, 2.45) is 0 Å². The highest BCUT2D eigenvalue weighted by atomic mass is 16.5. The number of hydrogen-bond donors (Lipinski definition) is 2. The van der Waals surface area contributed by atoms with Crippen LogP contribution < -0.4 is 15.4 Å². The fraction of sp³-hybridized carbons (Fsp3) is 0.296. The van der Waals surface area contributed by atoms with Crippen LogP contribution in [-0.4, -0.2) is 35.6 Å². The van der Waals surface area contributed by atoms with Gasteiger partial charge < -0.3 is 24.7 Å². The van der Waals surface area contributed by atoms with Gasteiger partial charge in [-0.25, -0.2) is 4.79 Å². The first-order chi connectivity index (χ1) is 16.9. The second-order valence-corrected chi connectivity index (χ2v) is 8.50.